The molecule has 0 saturated carbocycles. The van der Waals surface area contributed by atoms with Gasteiger partial charge < -0.3 is 14.7 Å². The second kappa shape index (κ2) is 9.75. The molecule has 1 unspecified atom stereocenters. The van der Waals surface area contributed by atoms with Crippen LogP contribution < -0.4 is 15.3 Å². The summed E-state index contributed by atoms with van der Waals surface area (Å²) in [6.07, 6.45) is -4.76. The average Bonchev–Trinajstić information content (AvgIpc) is 2.85. The fourth-order valence-corrected chi connectivity index (χ4v) is 4.61. The molecule has 0 spiro atoms. The van der Waals surface area contributed by atoms with Crippen LogP contribution >= 0.6 is 0 Å². The fourth-order valence-electron chi connectivity index (χ4n) is 4.61. The van der Waals surface area contributed by atoms with Crippen molar-refractivity contribution in [2.24, 2.45) is 7.05 Å². The molecule has 1 aromatic carbocycles. The smallest absolute Gasteiger partial charge is 0.406 e. The number of hydrogen-bond donors (Lipinski definition) is 1. The monoisotopic (exact) mass is 502 g/mol. The first-order valence-electron chi connectivity index (χ1n) is 11.3. The molecule has 0 amide bonds. The van der Waals surface area contributed by atoms with E-state index in [1.54, 1.807) is 25.2 Å². The minimum Gasteiger partial charge on any atom is -0.406 e. The first kappa shape index (κ1) is 25.4. The van der Waals surface area contributed by atoms with Crippen molar-refractivity contribution >= 4 is 16.9 Å². The Labute approximate surface area is 205 Å². The number of halogens is 3. The Morgan fingerprint density at radius 1 is 1.19 bits per heavy atom. The molecule has 0 bridgehead atoms. The van der Waals surface area contributed by atoms with E-state index < -0.39 is 12.1 Å². The minimum absolute atomic E-state index is 0.154. The Morgan fingerprint density at radius 2 is 1.89 bits per heavy atom. The highest BCUT2D eigenvalue weighted by Gasteiger charge is 2.36. The van der Waals surface area contributed by atoms with Crippen molar-refractivity contribution in [3.8, 4) is 11.8 Å². The van der Waals surface area contributed by atoms with E-state index in [0.717, 1.165) is 5.56 Å². The van der Waals surface area contributed by atoms with Crippen LogP contribution in [0, 0.1) is 11.3 Å². The minimum atomic E-state index is -4.76. The molecule has 0 aliphatic carbocycles. The molecule has 3 atom stereocenters. The SMILES string of the molecule is CC(c1ccc(OC(F)(F)F)cc1)N1C[C@H](C)N(c2nc(=O)n(C)c3ccc(C#N)nc23)C[C@H]1CO. The van der Waals surface area contributed by atoms with E-state index in [1.165, 1.54) is 22.8 Å². The Bertz CT molecular complexity index is 1350. The number of aryl methyl sites for hydroxylation is 1. The second-order valence-electron chi connectivity index (χ2n) is 8.78. The number of aliphatic hydroxyl groups is 1. The van der Waals surface area contributed by atoms with Gasteiger partial charge in [0, 0.05) is 32.2 Å². The van der Waals surface area contributed by atoms with Gasteiger partial charge in [-0.25, -0.2) is 9.78 Å². The Hall–Kier alpha value is -3.69. The predicted molar refractivity (Wildman–Crippen MR) is 125 cm³/mol. The van der Waals surface area contributed by atoms with Crippen LogP contribution in [0.1, 0.15) is 31.1 Å². The molecule has 1 aliphatic rings. The van der Waals surface area contributed by atoms with E-state index in [2.05, 4.69) is 19.6 Å². The molecule has 9 nitrogen and oxygen atoms in total. The summed E-state index contributed by atoms with van der Waals surface area (Å²) in [5.41, 5.74) is 1.45. The van der Waals surface area contributed by atoms with Gasteiger partial charge in [-0.3, -0.25) is 9.47 Å². The summed E-state index contributed by atoms with van der Waals surface area (Å²) in [6.45, 7) is 4.47. The van der Waals surface area contributed by atoms with Crippen LogP contribution in [-0.2, 0) is 7.05 Å². The largest absolute Gasteiger partial charge is 0.573 e. The third kappa shape index (κ3) is 4.98. The summed E-state index contributed by atoms with van der Waals surface area (Å²) in [6, 6.07) is 10.1. The molecule has 36 heavy (non-hydrogen) atoms. The molecular formula is C24H25F3N6O3. The molecule has 3 heterocycles. The fraction of sp³-hybridized carbons (Fsp3) is 0.417. The van der Waals surface area contributed by atoms with Crippen LogP contribution in [0.5, 0.6) is 5.75 Å². The van der Waals surface area contributed by atoms with Crippen LogP contribution in [0.3, 0.4) is 0 Å². The third-order valence-corrected chi connectivity index (χ3v) is 6.51. The molecule has 12 heteroatoms. The molecule has 1 saturated heterocycles. The Kier molecular flexibility index (Phi) is 6.88. The van der Waals surface area contributed by atoms with E-state index in [4.69, 9.17) is 0 Å². The normalized spacial score (nSPS) is 19.8. The number of aliphatic hydroxyl groups excluding tert-OH is 1. The zero-order valence-corrected chi connectivity index (χ0v) is 19.9. The number of alkyl halides is 3. The standard InChI is InChI=1S/C24H25F3N6O3/c1-14-11-33(15(2)16-4-7-19(8-5-16)36-24(25,26)27)18(13-34)12-32(14)22-21-20(31(3)23(35)30-22)9-6-17(10-28)29-21/h4-9,14-15,18,34H,11-13H2,1-3H3/t14-,15?,18-/m0/s1. The van der Waals surface area contributed by atoms with Crippen LogP contribution in [0.15, 0.2) is 41.2 Å². The highest BCUT2D eigenvalue weighted by atomic mass is 19.4. The first-order chi connectivity index (χ1) is 17.0. The highest BCUT2D eigenvalue weighted by molar-refractivity contribution is 5.86. The lowest BCUT2D eigenvalue weighted by atomic mass is 10.00. The van der Waals surface area contributed by atoms with Gasteiger partial charge in [0.15, 0.2) is 5.82 Å². The summed E-state index contributed by atoms with van der Waals surface area (Å²) in [5.74, 6) is 0.0419. The molecule has 1 aliphatic heterocycles. The third-order valence-electron chi connectivity index (χ3n) is 6.51. The van der Waals surface area contributed by atoms with Gasteiger partial charge in [0.2, 0.25) is 0 Å². The number of fused-ring (bicyclic) bond motifs is 1. The van der Waals surface area contributed by atoms with E-state index in [-0.39, 0.29) is 36.2 Å². The lowest BCUT2D eigenvalue weighted by Gasteiger charge is -2.47. The van der Waals surface area contributed by atoms with E-state index in [0.29, 0.717) is 29.9 Å². The van der Waals surface area contributed by atoms with Gasteiger partial charge in [-0.2, -0.15) is 10.2 Å². The molecule has 0 radical (unpaired) electrons. The Morgan fingerprint density at radius 3 is 2.50 bits per heavy atom. The summed E-state index contributed by atoms with van der Waals surface area (Å²) < 4.78 is 42.8. The van der Waals surface area contributed by atoms with Crippen LogP contribution in [-0.4, -0.2) is 62.7 Å². The van der Waals surface area contributed by atoms with Crippen molar-refractivity contribution in [3.05, 3.63) is 58.1 Å². The van der Waals surface area contributed by atoms with Crippen molar-refractivity contribution in [2.75, 3.05) is 24.6 Å². The van der Waals surface area contributed by atoms with Gasteiger partial charge >= 0.3 is 12.1 Å². The molecular weight excluding hydrogens is 477 g/mol. The van der Waals surface area contributed by atoms with Crippen molar-refractivity contribution < 1.29 is 23.0 Å². The summed E-state index contributed by atoms with van der Waals surface area (Å²) in [5, 5.41) is 19.5. The molecule has 4 rings (SSSR count). The predicted octanol–water partition coefficient (Wildman–Crippen LogP) is 2.73. The number of rotatable bonds is 5. The first-order valence-corrected chi connectivity index (χ1v) is 11.3. The van der Waals surface area contributed by atoms with Crippen LogP contribution in [0.25, 0.3) is 11.0 Å². The highest BCUT2D eigenvalue weighted by Crippen LogP contribution is 2.32. The number of anilines is 1. The molecule has 1 fully saturated rings. The van der Waals surface area contributed by atoms with E-state index in [1.807, 2.05) is 24.8 Å². The maximum Gasteiger partial charge on any atom is 0.573 e. The summed E-state index contributed by atoms with van der Waals surface area (Å²) in [7, 11) is 1.58. The van der Waals surface area contributed by atoms with Crippen molar-refractivity contribution in [1.29, 1.82) is 5.26 Å². The average molecular weight is 502 g/mol. The van der Waals surface area contributed by atoms with Gasteiger partial charge in [-0.05, 0) is 43.7 Å². The van der Waals surface area contributed by atoms with E-state index in [9.17, 15) is 28.3 Å². The van der Waals surface area contributed by atoms with Gasteiger partial charge in [0.1, 0.15) is 23.0 Å². The number of pyridine rings is 1. The van der Waals surface area contributed by atoms with Crippen molar-refractivity contribution in [1.82, 2.24) is 19.4 Å². The molecule has 190 valence electrons. The number of ether oxygens (including phenoxy) is 1. The second-order valence-corrected chi connectivity index (χ2v) is 8.78. The summed E-state index contributed by atoms with van der Waals surface area (Å²) in [4.78, 5) is 25.2. The summed E-state index contributed by atoms with van der Waals surface area (Å²) >= 11 is 0. The lowest BCUT2D eigenvalue weighted by Crippen LogP contribution is -2.59. The maximum atomic E-state index is 12.6. The Balaban J connectivity index is 1.63. The topological polar surface area (TPSA) is 108 Å². The molecule has 2 aromatic heterocycles. The van der Waals surface area contributed by atoms with E-state index >= 15 is 0 Å². The number of hydrogen-bond acceptors (Lipinski definition) is 8. The molecule has 3 aromatic rings. The number of nitriles is 1. The number of benzene rings is 1. The lowest BCUT2D eigenvalue weighted by molar-refractivity contribution is -0.274. The number of nitrogens with zero attached hydrogens (tertiary/aromatic N) is 6. The van der Waals surface area contributed by atoms with Gasteiger partial charge in [-0.15, -0.1) is 13.2 Å². The van der Waals surface area contributed by atoms with Gasteiger partial charge in [-0.1, -0.05) is 12.1 Å². The molecule has 1 N–H and O–H groups in total. The van der Waals surface area contributed by atoms with Crippen molar-refractivity contribution in [3.63, 3.8) is 0 Å². The van der Waals surface area contributed by atoms with Crippen molar-refractivity contribution in [2.45, 2.75) is 38.3 Å². The number of aromatic nitrogens is 3. The van der Waals surface area contributed by atoms with Crippen LogP contribution in [0.2, 0.25) is 0 Å². The quantitative estimate of drug-likeness (QED) is 0.568. The zero-order valence-electron chi connectivity index (χ0n) is 19.9. The number of piperazine rings is 1. The van der Waals surface area contributed by atoms with Gasteiger partial charge in [0.05, 0.1) is 18.2 Å². The maximum absolute atomic E-state index is 12.6. The van der Waals surface area contributed by atoms with Crippen LogP contribution in [0.4, 0.5) is 19.0 Å². The van der Waals surface area contributed by atoms with Gasteiger partial charge in [0.25, 0.3) is 0 Å². The zero-order chi connectivity index (χ0) is 26.2.